The lowest BCUT2D eigenvalue weighted by Gasteiger charge is -2.18. The van der Waals surface area contributed by atoms with Gasteiger partial charge in [-0.3, -0.25) is 4.79 Å². The molecule has 0 saturated carbocycles. The average Bonchev–Trinajstić information content (AvgIpc) is 2.53. The Hall–Kier alpha value is -2.65. The Balaban J connectivity index is 0.000000241. The predicted octanol–water partition coefficient (Wildman–Crippen LogP) is -1.01. The highest BCUT2D eigenvalue weighted by Crippen LogP contribution is 2.28. The Bertz CT molecular complexity index is 582. The van der Waals surface area contributed by atoms with E-state index in [4.69, 9.17) is 30.9 Å². The maximum Gasteiger partial charge on any atom is 0.335 e. The first-order valence-corrected chi connectivity index (χ1v) is 6.62. The van der Waals surface area contributed by atoms with Gasteiger partial charge < -0.3 is 30.9 Å². The minimum absolute atomic E-state index is 0.418. The first-order valence-electron chi connectivity index (χ1n) is 6.62. The van der Waals surface area contributed by atoms with Crippen LogP contribution >= 0.6 is 0 Å². The van der Waals surface area contributed by atoms with Crippen LogP contribution in [-0.4, -0.2) is 57.1 Å². The van der Waals surface area contributed by atoms with Gasteiger partial charge in [0, 0.05) is 0 Å². The van der Waals surface area contributed by atoms with E-state index in [1.807, 2.05) is 12.1 Å². The third kappa shape index (κ3) is 4.94. The molecule has 1 aliphatic rings. The van der Waals surface area contributed by atoms with E-state index in [9.17, 15) is 14.4 Å². The molecule has 1 aliphatic heterocycles. The van der Waals surface area contributed by atoms with Crippen LogP contribution in [0.1, 0.15) is 22.3 Å². The lowest BCUT2D eigenvalue weighted by molar-refractivity contribution is -0.165. The lowest BCUT2D eigenvalue weighted by atomic mass is 10.0. The number of aliphatic carboxylic acids is 2. The number of nitrogens with two attached hydrogens (primary N) is 1. The molecule has 0 bridgehead atoms. The fourth-order valence-electron chi connectivity index (χ4n) is 1.85. The van der Waals surface area contributed by atoms with Gasteiger partial charge >= 0.3 is 11.9 Å². The van der Waals surface area contributed by atoms with Gasteiger partial charge in [-0.2, -0.15) is 0 Å². The van der Waals surface area contributed by atoms with E-state index in [1.165, 1.54) is 0 Å². The second-order valence-corrected chi connectivity index (χ2v) is 4.68. The number of carboxylic acid groups (broad SMARTS) is 2. The number of hydrogen-bond acceptors (Lipinski definition) is 6. The highest BCUT2D eigenvalue weighted by atomic mass is 16.5. The van der Waals surface area contributed by atoms with E-state index >= 15 is 0 Å². The number of carbonyl (C=O) groups is 3. The van der Waals surface area contributed by atoms with Crippen molar-refractivity contribution in [2.75, 3.05) is 6.61 Å². The smallest absolute Gasteiger partial charge is 0.335 e. The first-order chi connectivity index (χ1) is 10.8. The number of aliphatic hydroxyl groups is 2. The van der Waals surface area contributed by atoms with E-state index in [0.29, 0.717) is 17.9 Å². The van der Waals surface area contributed by atoms with Crippen LogP contribution in [0.25, 0.3) is 0 Å². The maximum absolute atomic E-state index is 11.0. The molecule has 2 rings (SSSR count). The van der Waals surface area contributed by atoms with Gasteiger partial charge in [-0.25, -0.2) is 9.59 Å². The molecule has 9 heteroatoms. The molecule has 1 heterocycles. The summed E-state index contributed by atoms with van der Waals surface area (Å²) in [5.41, 5.74) is 6.80. The minimum Gasteiger partial charge on any atom is -0.492 e. The Morgan fingerprint density at radius 2 is 1.65 bits per heavy atom. The topological polar surface area (TPSA) is 167 Å². The molecule has 126 valence electrons. The quantitative estimate of drug-likeness (QED) is 0.468. The molecule has 0 aromatic heterocycles. The molecule has 6 N–H and O–H groups in total. The molecule has 0 fully saturated rings. The van der Waals surface area contributed by atoms with E-state index < -0.39 is 30.1 Å². The van der Waals surface area contributed by atoms with Gasteiger partial charge in [0.25, 0.3) is 5.91 Å². The van der Waals surface area contributed by atoms with Crippen molar-refractivity contribution in [2.24, 2.45) is 5.73 Å². The summed E-state index contributed by atoms with van der Waals surface area (Å²) in [6, 6.07) is 5.51. The molecule has 0 unspecified atom stereocenters. The first kappa shape index (κ1) is 18.4. The Morgan fingerprint density at radius 3 is 2.13 bits per heavy atom. The normalized spacial score (nSPS) is 15.0. The van der Waals surface area contributed by atoms with E-state index in [1.54, 1.807) is 6.07 Å². The second-order valence-electron chi connectivity index (χ2n) is 4.68. The molecular formula is C14H17NO8. The van der Waals surface area contributed by atoms with Gasteiger partial charge in [0.2, 0.25) is 0 Å². The van der Waals surface area contributed by atoms with Gasteiger partial charge in [-0.15, -0.1) is 0 Å². The van der Waals surface area contributed by atoms with Crippen LogP contribution in [0.2, 0.25) is 0 Å². The number of amides is 1. The summed E-state index contributed by atoms with van der Waals surface area (Å²) in [5.74, 6) is -3.27. The van der Waals surface area contributed by atoms with Crippen molar-refractivity contribution in [1.29, 1.82) is 0 Å². The number of primary amides is 1. The zero-order chi connectivity index (χ0) is 17.6. The van der Waals surface area contributed by atoms with Crippen LogP contribution in [0.5, 0.6) is 5.75 Å². The minimum atomic E-state index is -2.27. The molecule has 0 radical (unpaired) electrons. The molecule has 1 aromatic rings. The fraction of sp³-hybridized carbons (Fsp3) is 0.357. The summed E-state index contributed by atoms with van der Waals surface area (Å²) in [6.07, 6.45) is -2.55. The van der Waals surface area contributed by atoms with Crippen molar-refractivity contribution in [3.8, 4) is 5.75 Å². The number of para-hydroxylation sites is 1. The molecule has 9 nitrogen and oxygen atoms in total. The second kappa shape index (κ2) is 8.11. The van der Waals surface area contributed by atoms with Gasteiger partial charge in [0.1, 0.15) is 5.75 Å². The van der Waals surface area contributed by atoms with E-state index in [0.717, 1.165) is 18.4 Å². The van der Waals surface area contributed by atoms with Crippen LogP contribution in [0.3, 0.4) is 0 Å². The van der Waals surface area contributed by atoms with Crippen molar-refractivity contribution >= 4 is 17.8 Å². The van der Waals surface area contributed by atoms with Crippen LogP contribution in [0, 0.1) is 0 Å². The summed E-state index contributed by atoms with van der Waals surface area (Å²) in [5, 5.41) is 32.5. The average molecular weight is 327 g/mol. The van der Waals surface area contributed by atoms with Gasteiger partial charge in [0.15, 0.2) is 12.2 Å². The number of carboxylic acids is 2. The van der Waals surface area contributed by atoms with Crippen molar-refractivity contribution < 1.29 is 39.5 Å². The summed E-state index contributed by atoms with van der Waals surface area (Å²) in [6.45, 7) is 0.678. The van der Waals surface area contributed by atoms with Crippen LogP contribution < -0.4 is 10.5 Å². The van der Waals surface area contributed by atoms with E-state index in [2.05, 4.69) is 0 Å². The fourth-order valence-corrected chi connectivity index (χ4v) is 1.85. The summed E-state index contributed by atoms with van der Waals surface area (Å²) < 4.78 is 5.42. The summed E-state index contributed by atoms with van der Waals surface area (Å²) >= 11 is 0. The zero-order valence-corrected chi connectivity index (χ0v) is 12.0. The zero-order valence-electron chi connectivity index (χ0n) is 12.0. The number of carbonyl (C=O) groups excluding carboxylic acids is 1. The van der Waals surface area contributed by atoms with Crippen molar-refractivity contribution in [2.45, 2.75) is 25.0 Å². The molecular weight excluding hydrogens is 310 g/mol. The highest BCUT2D eigenvalue weighted by molar-refractivity contribution is 5.96. The largest absolute Gasteiger partial charge is 0.492 e. The van der Waals surface area contributed by atoms with Crippen molar-refractivity contribution in [1.82, 2.24) is 0 Å². The van der Waals surface area contributed by atoms with Crippen LogP contribution in [0.4, 0.5) is 0 Å². The van der Waals surface area contributed by atoms with Crippen LogP contribution in [0.15, 0.2) is 18.2 Å². The Kier molecular flexibility index (Phi) is 6.49. The number of fused-ring (bicyclic) bond motifs is 1. The predicted molar refractivity (Wildman–Crippen MR) is 76.1 cm³/mol. The Morgan fingerprint density at radius 1 is 1.09 bits per heavy atom. The number of ether oxygens (including phenoxy) is 1. The number of aliphatic hydroxyl groups excluding tert-OH is 2. The van der Waals surface area contributed by atoms with E-state index in [-0.39, 0.29) is 0 Å². The molecule has 0 aliphatic carbocycles. The third-order valence-corrected chi connectivity index (χ3v) is 3.00. The van der Waals surface area contributed by atoms with Crippen molar-refractivity contribution in [3.05, 3.63) is 29.3 Å². The number of benzene rings is 1. The van der Waals surface area contributed by atoms with Crippen molar-refractivity contribution in [3.63, 3.8) is 0 Å². The van der Waals surface area contributed by atoms with Gasteiger partial charge in [0.05, 0.1) is 12.2 Å². The third-order valence-electron chi connectivity index (χ3n) is 3.00. The summed E-state index contributed by atoms with van der Waals surface area (Å²) in [7, 11) is 0. The standard InChI is InChI=1S/C10H11NO2.C4H6O6/c11-10(12)8-5-1-3-7-4-2-6-13-9(7)8;5-1(3(7)8)2(6)4(9)10/h1,3,5H,2,4,6H2,(H2,11,12);1-2,5-6H,(H,7,8)(H,9,10)/t;1-,2-/m.1/s1. The number of rotatable bonds is 4. The Labute approximate surface area is 130 Å². The monoisotopic (exact) mass is 327 g/mol. The van der Waals surface area contributed by atoms with Crippen LogP contribution in [-0.2, 0) is 16.0 Å². The highest BCUT2D eigenvalue weighted by Gasteiger charge is 2.29. The number of hydrogen-bond donors (Lipinski definition) is 5. The molecule has 1 amide bonds. The lowest BCUT2D eigenvalue weighted by Crippen LogP contribution is -2.39. The molecule has 0 spiro atoms. The maximum atomic E-state index is 11.0. The molecule has 0 saturated heterocycles. The molecule has 23 heavy (non-hydrogen) atoms. The van der Waals surface area contributed by atoms with Gasteiger partial charge in [-0.05, 0) is 24.5 Å². The molecule has 2 atom stereocenters. The summed E-state index contributed by atoms with van der Waals surface area (Å²) in [4.78, 5) is 30.6. The number of aryl methyl sites for hydroxylation is 1. The molecule has 1 aromatic carbocycles. The SMILES string of the molecule is NC(=O)c1cccc2c1OCCC2.O=C(O)[C@H](O)[C@@H](O)C(=O)O. The van der Waals surface area contributed by atoms with Gasteiger partial charge in [-0.1, -0.05) is 12.1 Å².